The van der Waals surface area contributed by atoms with Crippen molar-refractivity contribution in [2.24, 2.45) is 0 Å². The van der Waals surface area contributed by atoms with E-state index in [1.54, 1.807) is 25.1 Å². The van der Waals surface area contributed by atoms with Crippen LogP contribution in [-0.2, 0) is 9.53 Å². The van der Waals surface area contributed by atoms with Gasteiger partial charge in [0, 0.05) is 27.6 Å². The largest absolute Gasteiger partial charge is 0.493 e. The molecule has 0 fully saturated rings. The van der Waals surface area contributed by atoms with Crippen LogP contribution in [0.4, 0.5) is 5.00 Å². The standard InChI is InChI=1S/C25H24ClNO4S/c1-3-15-31-21-8-6-5-7-18(21)11-14-22(28)27-24-23(25(29)30-4-2)20(16-32-24)17-9-12-19(26)13-10-17/h5-14,16H,3-4,15H2,1-2H3,(H,27,28). The summed E-state index contributed by atoms with van der Waals surface area (Å²) in [5.41, 5.74) is 2.62. The number of halogens is 1. The highest BCUT2D eigenvalue weighted by atomic mass is 35.5. The summed E-state index contributed by atoms with van der Waals surface area (Å²) < 4.78 is 11.0. The molecule has 3 aromatic rings. The van der Waals surface area contributed by atoms with Crippen LogP contribution in [0.5, 0.6) is 5.75 Å². The zero-order valence-electron chi connectivity index (χ0n) is 17.9. The number of anilines is 1. The molecule has 0 spiro atoms. The molecule has 0 aliphatic heterocycles. The van der Waals surface area contributed by atoms with Gasteiger partial charge < -0.3 is 14.8 Å². The number of carbonyl (C=O) groups excluding carboxylic acids is 2. The smallest absolute Gasteiger partial charge is 0.341 e. The first-order chi connectivity index (χ1) is 15.5. The summed E-state index contributed by atoms with van der Waals surface area (Å²) in [6, 6.07) is 14.7. The number of nitrogens with one attached hydrogen (secondary N) is 1. The number of hydrogen-bond acceptors (Lipinski definition) is 5. The molecular weight excluding hydrogens is 446 g/mol. The number of benzene rings is 2. The highest BCUT2D eigenvalue weighted by Gasteiger charge is 2.22. The average molecular weight is 470 g/mol. The van der Waals surface area contributed by atoms with Gasteiger partial charge >= 0.3 is 5.97 Å². The minimum Gasteiger partial charge on any atom is -0.493 e. The van der Waals surface area contributed by atoms with E-state index in [2.05, 4.69) is 5.32 Å². The zero-order chi connectivity index (χ0) is 22.9. The molecule has 1 N–H and O–H groups in total. The number of carbonyl (C=O) groups is 2. The number of esters is 1. The Labute approximate surface area is 196 Å². The Bertz CT molecular complexity index is 1110. The third kappa shape index (κ3) is 5.99. The Morgan fingerprint density at radius 1 is 1.09 bits per heavy atom. The Morgan fingerprint density at radius 3 is 2.56 bits per heavy atom. The maximum Gasteiger partial charge on any atom is 0.341 e. The van der Waals surface area contributed by atoms with Crippen LogP contribution in [-0.4, -0.2) is 25.1 Å². The van der Waals surface area contributed by atoms with Crippen molar-refractivity contribution in [3.63, 3.8) is 0 Å². The molecule has 3 rings (SSSR count). The number of hydrogen-bond donors (Lipinski definition) is 1. The van der Waals surface area contributed by atoms with Gasteiger partial charge in [0.05, 0.1) is 13.2 Å². The maximum atomic E-state index is 12.7. The van der Waals surface area contributed by atoms with E-state index in [0.717, 1.165) is 17.5 Å². The Kier molecular flexibility index (Phi) is 8.48. The second-order valence-corrected chi connectivity index (χ2v) is 8.11. The fourth-order valence-corrected chi connectivity index (χ4v) is 4.06. The number of para-hydroxylation sites is 1. The summed E-state index contributed by atoms with van der Waals surface area (Å²) in [7, 11) is 0. The van der Waals surface area contributed by atoms with Crippen LogP contribution < -0.4 is 10.1 Å². The van der Waals surface area contributed by atoms with Gasteiger partial charge in [0.1, 0.15) is 16.3 Å². The molecule has 1 aromatic heterocycles. The van der Waals surface area contributed by atoms with E-state index < -0.39 is 5.97 Å². The van der Waals surface area contributed by atoms with Crippen LogP contribution in [0.2, 0.25) is 5.02 Å². The highest BCUT2D eigenvalue weighted by molar-refractivity contribution is 7.15. The van der Waals surface area contributed by atoms with E-state index >= 15 is 0 Å². The van der Waals surface area contributed by atoms with Gasteiger partial charge in [0.15, 0.2) is 0 Å². The van der Waals surface area contributed by atoms with Crippen LogP contribution in [0.1, 0.15) is 36.2 Å². The van der Waals surface area contributed by atoms with Gasteiger partial charge in [0.25, 0.3) is 0 Å². The van der Waals surface area contributed by atoms with E-state index in [1.165, 1.54) is 17.4 Å². The molecule has 166 valence electrons. The highest BCUT2D eigenvalue weighted by Crippen LogP contribution is 2.36. The summed E-state index contributed by atoms with van der Waals surface area (Å²) in [5, 5.41) is 5.66. The Balaban J connectivity index is 1.84. The molecule has 0 aliphatic rings. The molecule has 1 heterocycles. The molecule has 0 saturated heterocycles. The van der Waals surface area contributed by atoms with Crippen molar-refractivity contribution in [2.45, 2.75) is 20.3 Å². The molecule has 0 saturated carbocycles. The predicted molar refractivity (Wildman–Crippen MR) is 131 cm³/mol. The molecule has 0 radical (unpaired) electrons. The predicted octanol–water partition coefficient (Wildman–Crippen LogP) is 6.69. The monoisotopic (exact) mass is 469 g/mol. The molecule has 0 bridgehead atoms. The van der Waals surface area contributed by atoms with Crippen molar-refractivity contribution in [3.8, 4) is 16.9 Å². The first-order valence-corrected chi connectivity index (χ1v) is 11.5. The van der Waals surface area contributed by atoms with Crippen molar-refractivity contribution < 1.29 is 19.1 Å². The van der Waals surface area contributed by atoms with E-state index in [0.29, 0.717) is 33.5 Å². The Hall–Kier alpha value is -3.09. The lowest BCUT2D eigenvalue weighted by atomic mass is 10.0. The van der Waals surface area contributed by atoms with Gasteiger partial charge in [-0.15, -0.1) is 11.3 Å². The van der Waals surface area contributed by atoms with Crippen molar-refractivity contribution in [1.29, 1.82) is 0 Å². The summed E-state index contributed by atoms with van der Waals surface area (Å²) in [6.07, 6.45) is 4.01. The molecule has 0 atom stereocenters. The fraction of sp³-hybridized carbons (Fsp3) is 0.200. The Morgan fingerprint density at radius 2 is 1.84 bits per heavy atom. The first-order valence-electron chi connectivity index (χ1n) is 10.3. The maximum absolute atomic E-state index is 12.7. The van der Waals surface area contributed by atoms with Crippen molar-refractivity contribution in [2.75, 3.05) is 18.5 Å². The molecule has 32 heavy (non-hydrogen) atoms. The molecule has 2 aromatic carbocycles. The normalized spacial score (nSPS) is 10.8. The van der Waals surface area contributed by atoms with E-state index in [1.807, 2.05) is 48.7 Å². The summed E-state index contributed by atoms with van der Waals surface area (Å²) in [6.45, 7) is 4.61. The quantitative estimate of drug-likeness (QED) is 0.280. The van der Waals surface area contributed by atoms with Gasteiger partial charge in [-0.1, -0.05) is 48.9 Å². The topological polar surface area (TPSA) is 64.6 Å². The SMILES string of the molecule is CCCOc1ccccc1C=CC(=O)Nc1scc(-c2ccc(Cl)cc2)c1C(=O)OCC. The molecule has 0 aliphatic carbocycles. The number of thiophene rings is 1. The molecule has 7 heteroatoms. The minimum atomic E-state index is -0.490. The molecule has 1 amide bonds. The third-order valence-corrected chi connectivity index (χ3v) is 5.60. The average Bonchev–Trinajstić information content (AvgIpc) is 3.21. The first kappa shape index (κ1) is 23.6. The third-order valence-electron chi connectivity index (χ3n) is 4.46. The van der Waals surface area contributed by atoms with Gasteiger partial charge in [-0.25, -0.2) is 4.79 Å². The van der Waals surface area contributed by atoms with Gasteiger partial charge in [-0.2, -0.15) is 0 Å². The summed E-state index contributed by atoms with van der Waals surface area (Å²) in [5.74, 6) is -0.131. The van der Waals surface area contributed by atoms with E-state index in [-0.39, 0.29) is 12.5 Å². The van der Waals surface area contributed by atoms with Crippen molar-refractivity contribution in [3.05, 3.63) is 76.1 Å². The zero-order valence-corrected chi connectivity index (χ0v) is 19.5. The molecular formula is C25H24ClNO4S. The van der Waals surface area contributed by atoms with Crippen LogP contribution in [0, 0.1) is 0 Å². The summed E-state index contributed by atoms with van der Waals surface area (Å²) in [4.78, 5) is 25.3. The van der Waals surface area contributed by atoms with Gasteiger partial charge in [0.2, 0.25) is 5.91 Å². The van der Waals surface area contributed by atoms with Crippen LogP contribution >= 0.6 is 22.9 Å². The molecule has 0 unspecified atom stereocenters. The number of ether oxygens (including phenoxy) is 2. The number of amides is 1. The van der Waals surface area contributed by atoms with Crippen LogP contribution in [0.3, 0.4) is 0 Å². The number of rotatable bonds is 9. The lowest BCUT2D eigenvalue weighted by molar-refractivity contribution is -0.111. The van der Waals surface area contributed by atoms with E-state index in [4.69, 9.17) is 21.1 Å². The lowest BCUT2D eigenvalue weighted by Crippen LogP contribution is -2.12. The van der Waals surface area contributed by atoms with Crippen molar-refractivity contribution >= 4 is 45.9 Å². The van der Waals surface area contributed by atoms with Gasteiger partial charge in [-0.3, -0.25) is 4.79 Å². The van der Waals surface area contributed by atoms with Crippen LogP contribution in [0.25, 0.3) is 17.2 Å². The van der Waals surface area contributed by atoms with Crippen LogP contribution in [0.15, 0.2) is 60.0 Å². The van der Waals surface area contributed by atoms with Gasteiger partial charge in [-0.05, 0) is 43.2 Å². The summed E-state index contributed by atoms with van der Waals surface area (Å²) >= 11 is 7.26. The second kappa shape index (κ2) is 11.5. The lowest BCUT2D eigenvalue weighted by Gasteiger charge is -2.09. The fourth-order valence-electron chi connectivity index (χ4n) is 2.98. The van der Waals surface area contributed by atoms with Crippen molar-refractivity contribution in [1.82, 2.24) is 0 Å². The van der Waals surface area contributed by atoms with E-state index in [9.17, 15) is 9.59 Å². The second-order valence-electron chi connectivity index (χ2n) is 6.79. The molecule has 5 nitrogen and oxygen atoms in total. The minimum absolute atomic E-state index is 0.233.